The number of hydrogen-bond donors (Lipinski definition) is 1. The molecule has 1 aromatic rings. The average molecular weight is 295 g/mol. The second-order valence-corrected chi connectivity index (χ2v) is 8.24. The first-order valence-corrected chi connectivity index (χ1v) is 8.24. The maximum atomic E-state index is 10.4. The molecule has 0 aromatic carbocycles. The van der Waals surface area contributed by atoms with Crippen molar-refractivity contribution >= 4 is 11.3 Å². The van der Waals surface area contributed by atoms with Crippen molar-refractivity contribution in [2.75, 3.05) is 33.7 Å². The molecule has 1 saturated heterocycles. The van der Waals surface area contributed by atoms with Crippen LogP contribution in [0.25, 0.3) is 0 Å². The van der Waals surface area contributed by atoms with Gasteiger partial charge in [-0.15, -0.1) is 11.3 Å². The van der Waals surface area contributed by atoms with Gasteiger partial charge in [0.05, 0.1) is 22.7 Å². The molecular weight excluding hydrogens is 270 g/mol. The molecule has 1 N–H and O–H groups in total. The van der Waals surface area contributed by atoms with Crippen LogP contribution in [0.5, 0.6) is 0 Å². The Hall–Kier alpha value is -0.490. The predicted octanol–water partition coefficient (Wildman–Crippen LogP) is 2.07. The van der Waals surface area contributed by atoms with E-state index < -0.39 is 0 Å². The Morgan fingerprint density at radius 1 is 1.30 bits per heavy atom. The Labute approximate surface area is 125 Å². The lowest BCUT2D eigenvalue weighted by molar-refractivity contribution is 0.102. The normalized spacial score (nSPS) is 31.2. The molecule has 2 unspecified atom stereocenters. The third kappa shape index (κ3) is 2.64. The van der Waals surface area contributed by atoms with Crippen LogP contribution in [0.1, 0.15) is 48.0 Å². The number of aliphatic hydroxyl groups excluding tert-OH is 1. The number of nitrogens with zero attached hydrogens (tertiary/aromatic N) is 3. The molecule has 0 spiro atoms. The number of fused-ring (bicyclic) bond motifs is 1. The lowest BCUT2D eigenvalue weighted by Gasteiger charge is -2.36. The van der Waals surface area contributed by atoms with Crippen LogP contribution < -0.4 is 0 Å². The molecule has 112 valence electrons. The second-order valence-electron chi connectivity index (χ2n) is 7.18. The van der Waals surface area contributed by atoms with Crippen molar-refractivity contribution in [3.8, 4) is 0 Å². The zero-order valence-corrected chi connectivity index (χ0v) is 13.7. The molecule has 0 amide bonds. The number of hydrogen-bond acceptors (Lipinski definition) is 5. The van der Waals surface area contributed by atoms with Crippen molar-refractivity contribution in [2.24, 2.45) is 5.41 Å². The summed E-state index contributed by atoms with van der Waals surface area (Å²) in [6.45, 7) is 7.67. The molecule has 2 heterocycles. The minimum atomic E-state index is -0.327. The highest BCUT2D eigenvalue weighted by atomic mass is 32.1. The number of likely N-dealkylation sites (N-methyl/N-ethyl adjacent to an activating group) is 2. The van der Waals surface area contributed by atoms with Gasteiger partial charge in [-0.3, -0.25) is 4.90 Å². The Morgan fingerprint density at radius 2 is 2.05 bits per heavy atom. The van der Waals surface area contributed by atoms with Crippen molar-refractivity contribution in [1.29, 1.82) is 0 Å². The van der Waals surface area contributed by atoms with Crippen molar-refractivity contribution in [3.05, 3.63) is 15.6 Å². The fraction of sp³-hybridized carbons (Fsp3) is 0.800. The summed E-state index contributed by atoms with van der Waals surface area (Å²) in [5, 5.41) is 11.6. The highest BCUT2D eigenvalue weighted by Gasteiger charge is 2.36. The van der Waals surface area contributed by atoms with E-state index in [4.69, 9.17) is 4.98 Å². The molecule has 2 aliphatic rings. The van der Waals surface area contributed by atoms with Gasteiger partial charge in [-0.1, -0.05) is 13.8 Å². The number of aromatic nitrogens is 1. The zero-order valence-electron chi connectivity index (χ0n) is 12.9. The molecule has 1 aliphatic carbocycles. The van der Waals surface area contributed by atoms with Crippen molar-refractivity contribution in [1.82, 2.24) is 14.8 Å². The van der Waals surface area contributed by atoms with Crippen LogP contribution in [0.15, 0.2) is 0 Å². The SMILES string of the molecule is CN1CCN(C)C(c2nc3c(s2)C(O)CC(C)(C)C3)C1. The quantitative estimate of drug-likeness (QED) is 0.861. The molecule has 2 atom stereocenters. The highest BCUT2D eigenvalue weighted by Crippen LogP contribution is 2.44. The van der Waals surface area contributed by atoms with Crippen molar-refractivity contribution in [3.63, 3.8) is 0 Å². The average Bonchev–Trinajstić information content (AvgIpc) is 2.74. The van der Waals surface area contributed by atoms with Gasteiger partial charge in [0, 0.05) is 19.6 Å². The molecule has 1 aliphatic heterocycles. The third-order valence-electron chi connectivity index (χ3n) is 4.57. The van der Waals surface area contributed by atoms with E-state index in [-0.39, 0.29) is 11.5 Å². The van der Waals surface area contributed by atoms with E-state index in [0.717, 1.165) is 43.0 Å². The Kier molecular flexibility index (Phi) is 3.65. The van der Waals surface area contributed by atoms with Crippen LogP contribution in [0, 0.1) is 5.41 Å². The summed E-state index contributed by atoms with van der Waals surface area (Å²) in [6.07, 6.45) is 1.51. The number of aliphatic hydroxyl groups is 1. The van der Waals surface area contributed by atoms with Crippen LogP contribution >= 0.6 is 11.3 Å². The van der Waals surface area contributed by atoms with Gasteiger partial charge in [-0.05, 0) is 32.4 Å². The van der Waals surface area contributed by atoms with E-state index in [2.05, 4.69) is 37.7 Å². The zero-order chi connectivity index (χ0) is 14.5. The molecule has 3 rings (SSSR count). The summed E-state index contributed by atoms with van der Waals surface area (Å²) >= 11 is 1.73. The summed E-state index contributed by atoms with van der Waals surface area (Å²) in [7, 11) is 4.35. The first-order valence-electron chi connectivity index (χ1n) is 7.42. The monoisotopic (exact) mass is 295 g/mol. The minimum absolute atomic E-state index is 0.160. The highest BCUT2D eigenvalue weighted by molar-refractivity contribution is 7.11. The smallest absolute Gasteiger partial charge is 0.112 e. The van der Waals surface area contributed by atoms with Gasteiger partial charge in [0.2, 0.25) is 0 Å². The summed E-state index contributed by atoms with van der Waals surface area (Å²) in [5.41, 5.74) is 1.29. The molecule has 5 heteroatoms. The molecule has 0 radical (unpaired) electrons. The van der Waals surface area contributed by atoms with Gasteiger partial charge in [-0.25, -0.2) is 4.98 Å². The van der Waals surface area contributed by atoms with Crippen LogP contribution in [-0.2, 0) is 6.42 Å². The standard InChI is InChI=1S/C15H25N3OS/c1-15(2)7-10-13(12(19)8-15)20-14(16-10)11-9-17(3)5-6-18(11)4/h11-12,19H,5-9H2,1-4H3. The van der Waals surface area contributed by atoms with Crippen LogP contribution in [0.4, 0.5) is 0 Å². The molecule has 4 nitrogen and oxygen atoms in total. The summed E-state index contributed by atoms with van der Waals surface area (Å²) in [4.78, 5) is 10.8. The lowest BCUT2D eigenvalue weighted by Crippen LogP contribution is -2.44. The number of piperazine rings is 1. The molecule has 20 heavy (non-hydrogen) atoms. The summed E-state index contributed by atoms with van der Waals surface area (Å²) in [5.74, 6) is 0. The van der Waals surface area contributed by atoms with Crippen molar-refractivity contribution < 1.29 is 5.11 Å². The van der Waals surface area contributed by atoms with E-state index in [9.17, 15) is 5.11 Å². The third-order valence-corrected chi connectivity index (χ3v) is 5.87. The van der Waals surface area contributed by atoms with Crippen LogP contribution in [0.3, 0.4) is 0 Å². The lowest BCUT2D eigenvalue weighted by atomic mass is 9.77. The molecule has 0 saturated carbocycles. The first-order chi connectivity index (χ1) is 9.35. The maximum Gasteiger partial charge on any atom is 0.112 e. The van der Waals surface area contributed by atoms with Gasteiger partial charge in [-0.2, -0.15) is 0 Å². The van der Waals surface area contributed by atoms with Gasteiger partial charge in [0.25, 0.3) is 0 Å². The molecular formula is C15H25N3OS. The van der Waals surface area contributed by atoms with Crippen LogP contribution in [0.2, 0.25) is 0 Å². The van der Waals surface area contributed by atoms with Gasteiger partial charge >= 0.3 is 0 Å². The molecule has 0 bridgehead atoms. The largest absolute Gasteiger partial charge is 0.387 e. The Bertz CT molecular complexity index is 499. The van der Waals surface area contributed by atoms with Crippen molar-refractivity contribution in [2.45, 2.75) is 38.8 Å². The van der Waals surface area contributed by atoms with Gasteiger partial charge < -0.3 is 10.0 Å². The fourth-order valence-electron chi connectivity index (χ4n) is 3.33. The molecule has 1 fully saturated rings. The number of rotatable bonds is 1. The summed E-state index contributed by atoms with van der Waals surface area (Å²) < 4.78 is 0. The minimum Gasteiger partial charge on any atom is -0.387 e. The topological polar surface area (TPSA) is 39.6 Å². The van der Waals surface area contributed by atoms with Crippen LogP contribution in [-0.4, -0.2) is 53.6 Å². The van der Waals surface area contributed by atoms with E-state index in [1.807, 2.05) is 0 Å². The van der Waals surface area contributed by atoms with E-state index >= 15 is 0 Å². The second kappa shape index (κ2) is 5.05. The Balaban J connectivity index is 1.89. The van der Waals surface area contributed by atoms with E-state index in [1.165, 1.54) is 5.01 Å². The summed E-state index contributed by atoms with van der Waals surface area (Å²) in [6, 6.07) is 0.375. The van der Waals surface area contributed by atoms with E-state index in [1.54, 1.807) is 11.3 Å². The maximum absolute atomic E-state index is 10.4. The first kappa shape index (κ1) is 14.4. The van der Waals surface area contributed by atoms with Gasteiger partial charge in [0.1, 0.15) is 5.01 Å². The predicted molar refractivity (Wildman–Crippen MR) is 82.0 cm³/mol. The number of thiazole rings is 1. The van der Waals surface area contributed by atoms with E-state index in [0.29, 0.717) is 6.04 Å². The fourth-order valence-corrected chi connectivity index (χ4v) is 4.56. The molecule has 1 aromatic heterocycles. The Morgan fingerprint density at radius 3 is 2.80 bits per heavy atom. The van der Waals surface area contributed by atoms with Gasteiger partial charge in [0.15, 0.2) is 0 Å².